The van der Waals surface area contributed by atoms with Crippen LogP contribution in [0.5, 0.6) is 0 Å². The van der Waals surface area contributed by atoms with Crippen LogP contribution in [0.2, 0.25) is 5.15 Å². The SMILES string of the molecule is COC(=O)C(=O)c1c[nH]c2c(C)cc(Cl)nc12. The largest absolute Gasteiger partial charge is 0.463 e. The van der Waals surface area contributed by atoms with Gasteiger partial charge in [-0.05, 0) is 18.6 Å². The van der Waals surface area contributed by atoms with Gasteiger partial charge in [-0.15, -0.1) is 0 Å². The van der Waals surface area contributed by atoms with E-state index in [4.69, 9.17) is 11.6 Å². The Morgan fingerprint density at radius 1 is 1.47 bits per heavy atom. The Hall–Kier alpha value is -1.88. The van der Waals surface area contributed by atoms with E-state index in [-0.39, 0.29) is 10.7 Å². The molecule has 6 heteroatoms. The summed E-state index contributed by atoms with van der Waals surface area (Å²) in [4.78, 5) is 29.8. The lowest BCUT2D eigenvalue weighted by atomic mass is 10.1. The fraction of sp³-hybridized carbons (Fsp3) is 0.182. The molecule has 2 aromatic heterocycles. The second kappa shape index (κ2) is 4.18. The first-order valence-corrected chi connectivity index (χ1v) is 5.19. The van der Waals surface area contributed by atoms with Crippen molar-refractivity contribution >= 4 is 34.4 Å². The van der Waals surface area contributed by atoms with Gasteiger partial charge in [0.1, 0.15) is 10.7 Å². The van der Waals surface area contributed by atoms with Crippen LogP contribution in [0.25, 0.3) is 11.0 Å². The number of halogens is 1. The second-order valence-electron chi connectivity index (χ2n) is 3.51. The van der Waals surface area contributed by atoms with Crippen LogP contribution >= 0.6 is 11.6 Å². The molecule has 5 nitrogen and oxygen atoms in total. The average Bonchev–Trinajstić information content (AvgIpc) is 2.70. The predicted octanol–water partition coefficient (Wildman–Crippen LogP) is 1.88. The Morgan fingerprint density at radius 2 is 2.18 bits per heavy atom. The average molecular weight is 253 g/mol. The number of methoxy groups -OCH3 is 1. The van der Waals surface area contributed by atoms with Gasteiger partial charge in [0.15, 0.2) is 0 Å². The van der Waals surface area contributed by atoms with Gasteiger partial charge in [-0.3, -0.25) is 4.79 Å². The molecular weight excluding hydrogens is 244 g/mol. The maximum atomic E-state index is 11.7. The summed E-state index contributed by atoms with van der Waals surface area (Å²) in [6.45, 7) is 1.83. The molecule has 2 rings (SSSR count). The first-order chi connectivity index (χ1) is 8.04. The number of rotatable bonds is 2. The maximum Gasteiger partial charge on any atom is 0.379 e. The molecule has 1 N–H and O–H groups in total. The molecule has 0 saturated heterocycles. The number of ketones is 1. The van der Waals surface area contributed by atoms with Gasteiger partial charge in [-0.25, -0.2) is 9.78 Å². The smallest absolute Gasteiger partial charge is 0.379 e. The van der Waals surface area contributed by atoms with Gasteiger partial charge in [0.2, 0.25) is 0 Å². The lowest BCUT2D eigenvalue weighted by Gasteiger charge is -1.99. The van der Waals surface area contributed by atoms with Crippen LogP contribution in [0.1, 0.15) is 15.9 Å². The van der Waals surface area contributed by atoms with Crippen molar-refractivity contribution in [1.82, 2.24) is 9.97 Å². The van der Waals surface area contributed by atoms with Crippen molar-refractivity contribution in [3.63, 3.8) is 0 Å². The van der Waals surface area contributed by atoms with E-state index in [0.29, 0.717) is 11.0 Å². The van der Waals surface area contributed by atoms with Gasteiger partial charge in [-0.2, -0.15) is 0 Å². The fourth-order valence-electron chi connectivity index (χ4n) is 1.60. The predicted molar refractivity (Wildman–Crippen MR) is 62.2 cm³/mol. The van der Waals surface area contributed by atoms with E-state index >= 15 is 0 Å². The Balaban J connectivity index is 2.64. The van der Waals surface area contributed by atoms with Crippen LogP contribution in [-0.4, -0.2) is 28.8 Å². The highest BCUT2D eigenvalue weighted by Gasteiger charge is 2.22. The van der Waals surface area contributed by atoms with Crippen molar-refractivity contribution in [2.75, 3.05) is 7.11 Å². The number of ether oxygens (including phenoxy) is 1. The number of hydrogen-bond donors (Lipinski definition) is 1. The number of hydrogen-bond acceptors (Lipinski definition) is 4. The zero-order valence-electron chi connectivity index (χ0n) is 9.20. The summed E-state index contributed by atoms with van der Waals surface area (Å²) in [5.74, 6) is -1.67. The van der Waals surface area contributed by atoms with Crippen LogP contribution in [0.3, 0.4) is 0 Å². The van der Waals surface area contributed by atoms with E-state index in [1.165, 1.54) is 6.20 Å². The minimum Gasteiger partial charge on any atom is -0.463 e. The van der Waals surface area contributed by atoms with Gasteiger partial charge < -0.3 is 9.72 Å². The summed E-state index contributed by atoms with van der Waals surface area (Å²) in [7, 11) is 1.15. The molecule has 0 bridgehead atoms. The van der Waals surface area contributed by atoms with Crippen molar-refractivity contribution < 1.29 is 14.3 Å². The van der Waals surface area contributed by atoms with Crippen molar-refractivity contribution in [2.45, 2.75) is 6.92 Å². The summed E-state index contributed by atoms with van der Waals surface area (Å²) in [5, 5.41) is 0.272. The molecule has 2 heterocycles. The maximum absolute atomic E-state index is 11.7. The number of carbonyl (C=O) groups is 2. The minimum absolute atomic E-state index is 0.164. The van der Waals surface area contributed by atoms with E-state index in [9.17, 15) is 9.59 Å². The number of esters is 1. The van der Waals surface area contributed by atoms with E-state index < -0.39 is 11.8 Å². The molecule has 17 heavy (non-hydrogen) atoms. The Labute approximate surface area is 102 Å². The monoisotopic (exact) mass is 252 g/mol. The van der Waals surface area contributed by atoms with Gasteiger partial charge in [0.25, 0.3) is 5.78 Å². The van der Waals surface area contributed by atoms with Crippen LogP contribution in [0.4, 0.5) is 0 Å². The van der Waals surface area contributed by atoms with Crippen LogP contribution < -0.4 is 0 Å². The van der Waals surface area contributed by atoms with Crippen LogP contribution in [-0.2, 0) is 9.53 Å². The third-order valence-electron chi connectivity index (χ3n) is 2.42. The van der Waals surface area contributed by atoms with Crippen molar-refractivity contribution in [1.29, 1.82) is 0 Å². The van der Waals surface area contributed by atoms with Gasteiger partial charge in [0, 0.05) is 6.20 Å². The molecule has 0 spiro atoms. The Morgan fingerprint density at radius 3 is 2.82 bits per heavy atom. The summed E-state index contributed by atoms with van der Waals surface area (Å²) in [6, 6.07) is 1.67. The molecule has 0 aliphatic heterocycles. The van der Waals surface area contributed by atoms with Gasteiger partial charge >= 0.3 is 5.97 Å². The molecule has 0 aromatic carbocycles. The topological polar surface area (TPSA) is 72.1 Å². The molecule has 0 saturated carbocycles. The number of aromatic nitrogens is 2. The minimum atomic E-state index is -0.926. The number of pyridine rings is 1. The molecule has 0 aliphatic carbocycles. The lowest BCUT2D eigenvalue weighted by molar-refractivity contribution is -0.135. The summed E-state index contributed by atoms with van der Waals surface area (Å²) < 4.78 is 4.38. The number of nitrogens with zero attached hydrogens (tertiary/aromatic N) is 1. The van der Waals surface area contributed by atoms with Crippen molar-refractivity contribution in [3.05, 3.63) is 28.5 Å². The first-order valence-electron chi connectivity index (χ1n) is 4.81. The number of aromatic amines is 1. The summed E-state index contributed by atoms with van der Waals surface area (Å²) >= 11 is 5.82. The highest BCUT2D eigenvalue weighted by Crippen LogP contribution is 2.23. The van der Waals surface area contributed by atoms with Crippen LogP contribution in [0.15, 0.2) is 12.3 Å². The summed E-state index contributed by atoms with van der Waals surface area (Å²) in [5.41, 5.74) is 2.08. The molecule has 0 radical (unpaired) electrons. The summed E-state index contributed by atoms with van der Waals surface area (Å²) in [6.07, 6.45) is 1.43. The number of aryl methyl sites for hydroxylation is 1. The fourth-order valence-corrected chi connectivity index (χ4v) is 1.85. The molecule has 88 valence electrons. The van der Waals surface area contributed by atoms with Gasteiger partial charge in [-0.1, -0.05) is 11.6 Å². The molecule has 0 fully saturated rings. The quantitative estimate of drug-likeness (QED) is 0.383. The number of nitrogens with one attached hydrogen (secondary N) is 1. The van der Waals surface area contributed by atoms with E-state index in [1.807, 2.05) is 6.92 Å². The lowest BCUT2D eigenvalue weighted by Crippen LogP contribution is -2.15. The van der Waals surface area contributed by atoms with E-state index in [0.717, 1.165) is 12.7 Å². The third-order valence-corrected chi connectivity index (χ3v) is 2.61. The van der Waals surface area contributed by atoms with Crippen LogP contribution in [0, 0.1) is 6.92 Å². The molecule has 2 aromatic rings. The Kier molecular flexibility index (Phi) is 2.85. The normalized spacial score (nSPS) is 10.5. The molecule has 0 aliphatic rings. The van der Waals surface area contributed by atoms with Crippen molar-refractivity contribution in [3.8, 4) is 0 Å². The molecule has 0 amide bonds. The standard InChI is InChI=1S/C11H9ClN2O3/c1-5-3-7(12)14-9-6(4-13-8(5)9)10(15)11(16)17-2/h3-4,13H,1-2H3. The highest BCUT2D eigenvalue weighted by atomic mass is 35.5. The number of Topliss-reactive ketones (excluding diaryl/α,β-unsaturated/α-hetero) is 1. The molecular formula is C11H9ClN2O3. The zero-order chi connectivity index (χ0) is 12.6. The highest BCUT2D eigenvalue weighted by molar-refractivity contribution is 6.42. The number of fused-ring (bicyclic) bond motifs is 1. The Bertz CT molecular complexity index is 618. The number of H-pyrrole nitrogens is 1. The number of carbonyl (C=O) groups excluding carboxylic acids is 2. The first kappa shape index (κ1) is 11.6. The third kappa shape index (κ3) is 1.89. The van der Waals surface area contributed by atoms with Gasteiger partial charge in [0.05, 0.1) is 18.2 Å². The molecule has 0 unspecified atom stereocenters. The van der Waals surface area contributed by atoms with E-state index in [1.54, 1.807) is 6.07 Å². The van der Waals surface area contributed by atoms with Crippen molar-refractivity contribution in [2.24, 2.45) is 0 Å². The second-order valence-corrected chi connectivity index (χ2v) is 3.90. The van der Waals surface area contributed by atoms with E-state index in [2.05, 4.69) is 14.7 Å². The zero-order valence-corrected chi connectivity index (χ0v) is 9.96. The molecule has 0 atom stereocenters.